The molecule has 1 heterocycles. The highest BCUT2D eigenvalue weighted by atomic mass is 16.5. The van der Waals surface area contributed by atoms with E-state index in [0.29, 0.717) is 0 Å². The SMILES string of the molecule is COc1ccc2cc(-c3ccccc3)n(C)c2c1. The molecule has 90 valence electrons. The highest BCUT2D eigenvalue weighted by Gasteiger charge is 2.08. The van der Waals surface area contributed by atoms with Gasteiger partial charge in [0.25, 0.3) is 0 Å². The van der Waals surface area contributed by atoms with Crippen molar-refractivity contribution >= 4 is 10.9 Å². The first-order valence-corrected chi connectivity index (χ1v) is 5.98. The van der Waals surface area contributed by atoms with E-state index in [-0.39, 0.29) is 0 Å². The van der Waals surface area contributed by atoms with Crippen molar-refractivity contribution in [3.05, 3.63) is 54.6 Å². The summed E-state index contributed by atoms with van der Waals surface area (Å²) in [6.07, 6.45) is 0. The number of rotatable bonds is 2. The van der Waals surface area contributed by atoms with Gasteiger partial charge in [0.05, 0.1) is 12.6 Å². The second kappa shape index (κ2) is 4.22. The molecule has 3 rings (SSSR count). The molecule has 0 aliphatic carbocycles. The van der Waals surface area contributed by atoms with E-state index in [2.05, 4.69) is 54.1 Å². The molecular formula is C16H15NO. The van der Waals surface area contributed by atoms with Crippen LogP contribution >= 0.6 is 0 Å². The van der Waals surface area contributed by atoms with E-state index in [9.17, 15) is 0 Å². The molecule has 1 aromatic heterocycles. The van der Waals surface area contributed by atoms with Crippen LogP contribution in [0.1, 0.15) is 0 Å². The molecule has 0 saturated carbocycles. The van der Waals surface area contributed by atoms with Crippen molar-refractivity contribution in [1.29, 1.82) is 0 Å². The lowest BCUT2D eigenvalue weighted by Gasteiger charge is -2.05. The molecule has 3 aromatic rings. The van der Waals surface area contributed by atoms with Crippen LogP contribution in [0, 0.1) is 0 Å². The maximum Gasteiger partial charge on any atom is 0.120 e. The first-order chi connectivity index (χ1) is 8.79. The first kappa shape index (κ1) is 10.9. The summed E-state index contributed by atoms with van der Waals surface area (Å²) in [4.78, 5) is 0. The standard InChI is InChI=1S/C16H15NO/c1-17-15(12-6-4-3-5-7-12)10-13-8-9-14(18-2)11-16(13)17/h3-11H,1-2H3. The second-order valence-corrected chi connectivity index (χ2v) is 4.38. The van der Waals surface area contributed by atoms with Gasteiger partial charge in [0.2, 0.25) is 0 Å². The average Bonchev–Trinajstić information content (AvgIpc) is 2.77. The van der Waals surface area contributed by atoms with Gasteiger partial charge in [-0.2, -0.15) is 0 Å². The minimum absolute atomic E-state index is 0.892. The Balaban J connectivity index is 2.23. The molecule has 0 atom stereocenters. The van der Waals surface area contributed by atoms with Gasteiger partial charge in [-0.15, -0.1) is 0 Å². The molecule has 18 heavy (non-hydrogen) atoms. The lowest BCUT2D eigenvalue weighted by molar-refractivity contribution is 0.415. The largest absolute Gasteiger partial charge is 0.497 e. The molecule has 2 nitrogen and oxygen atoms in total. The summed E-state index contributed by atoms with van der Waals surface area (Å²) in [5.41, 5.74) is 3.64. The predicted octanol–water partition coefficient (Wildman–Crippen LogP) is 3.85. The smallest absolute Gasteiger partial charge is 0.120 e. The number of ether oxygens (including phenoxy) is 1. The number of nitrogens with zero attached hydrogens (tertiary/aromatic N) is 1. The number of benzene rings is 2. The van der Waals surface area contributed by atoms with Crippen LogP contribution in [0.2, 0.25) is 0 Å². The zero-order chi connectivity index (χ0) is 12.5. The Morgan fingerprint density at radius 1 is 0.944 bits per heavy atom. The predicted molar refractivity (Wildman–Crippen MR) is 74.9 cm³/mol. The Morgan fingerprint density at radius 2 is 1.72 bits per heavy atom. The number of hydrogen-bond donors (Lipinski definition) is 0. The number of methoxy groups -OCH3 is 1. The molecule has 0 bridgehead atoms. The van der Waals surface area contributed by atoms with E-state index in [4.69, 9.17) is 4.74 Å². The summed E-state index contributed by atoms with van der Waals surface area (Å²) in [6.45, 7) is 0. The topological polar surface area (TPSA) is 14.2 Å². The zero-order valence-electron chi connectivity index (χ0n) is 10.6. The molecule has 0 aliphatic rings. The highest BCUT2D eigenvalue weighted by Crippen LogP contribution is 2.29. The van der Waals surface area contributed by atoms with Crippen LogP contribution in [0.15, 0.2) is 54.6 Å². The van der Waals surface area contributed by atoms with Crippen molar-refractivity contribution in [3.63, 3.8) is 0 Å². The van der Waals surface area contributed by atoms with Crippen LogP contribution in [0.4, 0.5) is 0 Å². The Kier molecular flexibility index (Phi) is 2.56. The van der Waals surface area contributed by atoms with Crippen LogP contribution in [0.25, 0.3) is 22.2 Å². The quantitative estimate of drug-likeness (QED) is 0.660. The molecule has 0 aliphatic heterocycles. The van der Waals surface area contributed by atoms with Crippen molar-refractivity contribution in [2.75, 3.05) is 7.11 Å². The molecule has 0 spiro atoms. The molecule has 0 N–H and O–H groups in total. The van der Waals surface area contributed by atoms with Gasteiger partial charge < -0.3 is 9.30 Å². The van der Waals surface area contributed by atoms with E-state index in [1.54, 1.807) is 7.11 Å². The fraction of sp³-hybridized carbons (Fsp3) is 0.125. The maximum atomic E-state index is 5.28. The monoisotopic (exact) mass is 237 g/mol. The summed E-state index contributed by atoms with van der Waals surface area (Å²) in [5.74, 6) is 0.892. The molecule has 0 fully saturated rings. The van der Waals surface area contributed by atoms with Crippen LogP contribution < -0.4 is 4.74 Å². The Labute approximate surface area is 106 Å². The first-order valence-electron chi connectivity index (χ1n) is 5.98. The van der Waals surface area contributed by atoms with E-state index < -0.39 is 0 Å². The third kappa shape index (κ3) is 1.66. The summed E-state index contributed by atoms with van der Waals surface area (Å²) < 4.78 is 7.48. The van der Waals surface area contributed by atoms with Gasteiger partial charge in [-0.25, -0.2) is 0 Å². The third-order valence-electron chi connectivity index (χ3n) is 3.32. The van der Waals surface area contributed by atoms with Crippen molar-refractivity contribution < 1.29 is 4.74 Å². The molecule has 2 heteroatoms. The fourth-order valence-corrected chi connectivity index (χ4v) is 2.32. The van der Waals surface area contributed by atoms with Gasteiger partial charge in [-0.1, -0.05) is 30.3 Å². The van der Waals surface area contributed by atoms with Gasteiger partial charge in [0.15, 0.2) is 0 Å². The van der Waals surface area contributed by atoms with E-state index in [1.165, 1.54) is 22.2 Å². The Morgan fingerprint density at radius 3 is 2.44 bits per heavy atom. The van der Waals surface area contributed by atoms with Gasteiger partial charge in [-0.05, 0) is 23.8 Å². The van der Waals surface area contributed by atoms with E-state index in [0.717, 1.165) is 5.75 Å². The normalized spacial score (nSPS) is 10.8. The Hall–Kier alpha value is -2.22. The lowest BCUT2D eigenvalue weighted by atomic mass is 10.1. The molecule has 0 amide bonds. The third-order valence-corrected chi connectivity index (χ3v) is 3.32. The molecule has 2 aromatic carbocycles. The van der Waals surface area contributed by atoms with Crippen molar-refractivity contribution in [2.45, 2.75) is 0 Å². The molecular weight excluding hydrogens is 222 g/mol. The Bertz CT molecular complexity index is 683. The zero-order valence-corrected chi connectivity index (χ0v) is 10.6. The van der Waals surface area contributed by atoms with Crippen LogP contribution in [0.3, 0.4) is 0 Å². The van der Waals surface area contributed by atoms with Crippen molar-refractivity contribution in [2.24, 2.45) is 7.05 Å². The van der Waals surface area contributed by atoms with E-state index in [1.807, 2.05) is 12.1 Å². The number of aryl methyl sites for hydroxylation is 1. The number of aromatic nitrogens is 1. The summed E-state index contributed by atoms with van der Waals surface area (Å²) in [5, 5.41) is 1.23. The molecule has 0 radical (unpaired) electrons. The lowest BCUT2D eigenvalue weighted by Crippen LogP contribution is -1.91. The summed E-state index contributed by atoms with van der Waals surface area (Å²) >= 11 is 0. The molecule has 0 unspecified atom stereocenters. The minimum atomic E-state index is 0.892. The van der Waals surface area contributed by atoms with Crippen molar-refractivity contribution in [1.82, 2.24) is 4.57 Å². The summed E-state index contributed by atoms with van der Waals surface area (Å²) in [7, 11) is 3.78. The summed E-state index contributed by atoms with van der Waals surface area (Å²) in [6, 6.07) is 18.8. The van der Waals surface area contributed by atoms with Gasteiger partial charge >= 0.3 is 0 Å². The highest BCUT2D eigenvalue weighted by molar-refractivity contribution is 5.88. The number of hydrogen-bond acceptors (Lipinski definition) is 1. The van der Waals surface area contributed by atoms with Crippen LogP contribution in [-0.4, -0.2) is 11.7 Å². The fourth-order valence-electron chi connectivity index (χ4n) is 2.32. The average molecular weight is 237 g/mol. The van der Waals surface area contributed by atoms with Crippen LogP contribution in [-0.2, 0) is 7.05 Å². The van der Waals surface area contributed by atoms with Crippen molar-refractivity contribution in [3.8, 4) is 17.0 Å². The molecule has 0 saturated heterocycles. The van der Waals surface area contributed by atoms with E-state index >= 15 is 0 Å². The number of fused-ring (bicyclic) bond motifs is 1. The minimum Gasteiger partial charge on any atom is -0.497 e. The maximum absolute atomic E-state index is 5.28. The van der Waals surface area contributed by atoms with Gasteiger partial charge in [-0.3, -0.25) is 0 Å². The second-order valence-electron chi connectivity index (χ2n) is 4.38. The van der Waals surface area contributed by atoms with Gasteiger partial charge in [0.1, 0.15) is 5.75 Å². The van der Waals surface area contributed by atoms with Gasteiger partial charge in [0, 0.05) is 24.2 Å². The van der Waals surface area contributed by atoms with Crippen LogP contribution in [0.5, 0.6) is 5.75 Å².